The van der Waals surface area contributed by atoms with Crippen molar-refractivity contribution in [3.8, 4) is 6.07 Å². The van der Waals surface area contributed by atoms with Gasteiger partial charge in [0.15, 0.2) is 5.65 Å². The second-order valence-electron chi connectivity index (χ2n) is 7.95. The van der Waals surface area contributed by atoms with Crippen molar-refractivity contribution in [2.24, 2.45) is 0 Å². The average molecular weight is 401 g/mol. The Morgan fingerprint density at radius 3 is 2.53 bits per heavy atom. The zero-order valence-corrected chi connectivity index (χ0v) is 16.7. The smallest absolute Gasteiger partial charge is 0.255 e. The molecule has 0 N–H and O–H groups in total. The molecule has 0 spiro atoms. The van der Waals surface area contributed by atoms with E-state index in [2.05, 4.69) is 30.5 Å². The molecule has 0 aromatic carbocycles. The van der Waals surface area contributed by atoms with Crippen molar-refractivity contribution < 1.29 is 4.79 Å². The van der Waals surface area contributed by atoms with E-state index < -0.39 is 0 Å². The molecule has 1 amide bonds. The average Bonchev–Trinajstić information content (AvgIpc) is 3.48. The number of nitriles is 1. The van der Waals surface area contributed by atoms with Crippen LogP contribution in [0.15, 0.2) is 36.9 Å². The number of aromatic nitrogens is 4. The van der Waals surface area contributed by atoms with Gasteiger partial charge < -0.3 is 14.4 Å². The first-order valence-corrected chi connectivity index (χ1v) is 10.5. The van der Waals surface area contributed by atoms with Gasteiger partial charge >= 0.3 is 0 Å². The third kappa shape index (κ3) is 3.36. The van der Waals surface area contributed by atoms with Gasteiger partial charge in [0.2, 0.25) is 0 Å². The lowest BCUT2D eigenvalue weighted by molar-refractivity contribution is 0.0746. The van der Waals surface area contributed by atoms with Crippen LogP contribution in [0.2, 0.25) is 0 Å². The molecular weight excluding hydrogens is 378 g/mol. The minimum absolute atomic E-state index is 0.00717. The van der Waals surface area contributed by atoms with Crippen LogP contribution < -0.4 is 4.90 Å². The van der Waals surface area contributed by atoms with Gasteiger partial charge in [0, 0.05) is 44.6 Å². The molecule has 3 aromatic rings. The molecule has 1 saturated carbocycles. The number of fused-ring (bicyclic) bond motifs is 1. The van der Waals surface area contributed by atoms with Crippen molar-refractivity contribution in [2.45, 2.75) is 31.7 Å². The predicted molar refractivity (Wildman–Crippen MR) is 112 cm³/mol. The summed E-state index contributed by atoms with van der Waals surface area (Å²) in [5, 5.41) is 8.91. The highest BCUT2D eigenvalue weighted by atomic mass is 16.2. The Kier molecular flexibility index (Phi) is 4.79. The van der Waals surface area contributed by atoms with Crippen molar-refractivity contribution in [2.75, 3.05) is 31.1 Å². The van der Waals surface area contributed by atoms with Crippen molar-refractivity contribution in [3.05, 3.63) is 48.0 Å². The predicted octanol–water partition coefficient (Wildman–Crippen LogP) is 2.78. The summed E-state index contributed by atoms with van der Waals surface area (Å²) in [7, 11) is 0. The quantitative estimate of drug-likeness (QED) is 0.670. The number of piperazine rings is 1. The van der Waals surface area contributed by atoms with E-state index in [9.17, 15) is 4.79 Å². The number of carbonyl (C=O) groups is 1. The van der Waals surface area contributed by atoms with Crippen LogP contribution in [-0.4, -0.2) is 56.5 Å². The van der Waals surface area contributed by atoms with Gasteiger partial charge in [-0.2, -0.15) is 5.26 Å². The lowest BCUT2D eigenvalue weighted by Gasteiger charge is -2.35. The molecule has 2 fully saturated rings. The van der Waals surface area contributed by atoms with Crippen molar-refractivity contribution >= 4 is 22.9 Å². The van der Waals surface area contributed by atoms with E-state index in [1.54, 1.807) is 18.5 Å². The summed E-state index contributed by atoms with van der Waals surface area (Å²) in [6, 6.07) is 8.05. The number of nitrogens with zero attached hydrogens (tertiary/aromatic N) is 7. The van der Waals surface area contributed by atoms with E-state index in [0.29, 0.717) is 43.3 Å². The van der Waals surface area contributed by atoms with E-state index >= 15 is 0 Å². The molecule has 2 aliphatic rings. The normalized spacial score (nSPS) is 17.4. The Hall–Kier alpha value is -3.47. The Labute approximate surface area is 174 Å². The van der Waals surface area contributed by atoms with Gasteiger partial charge in [-0.15, -0.1) is 0 Å². The Morgan fingerprint density at radius 2 is 1.83 bits per heavy atom. The molecule has 152 valence electrons. The number of rotatable bonds is 3. The third-order valence-corrected chi connectivity index (χ3v) is 6.15. The van der Waals surface area contributed by atoms with Gasteiger partial charge in [-0.3, -0.25) is 4.79 Å². The number of amides is 1. The van der Waals surface area contributed by atoms with Gasteiger partial charge in [0.25, 0.3) is 5.91 Å². The number of anilines is 1. The van der Waals surface area contributed by atoms with Crippen molar-refractivity contribution in [3.63, 3.8) is 0 Å². The zero-order chi connectivity index (χ0) is 20.5. The molecule has 0 radical (unpaired) electrons. The molecule has 0 atom stereocenters. The fourth-order valence-corrected chi connectivity index (χ4v) is 4.45. The van der Waals surface area contributed by atoms with E-state index in [0.717, 1.165) is 17.0 Å². The molecular formula is C22H23N7O. The topological polar surface area (TPSA) is 90.9 Å². The van der Waals surface area contributed by atoms with E-state index in [4.69, 9.17) is 5.26 Å². The highest BCUT2D eigenvalue weighted by molar-refractivity contribution is 5.96. The number of pyridine rings is 2. The van der Waals surface area contributed by atoms with Crippen LogP contribution in [0.5, 0.6) is 0 Å². The summed E-state index contributed by atoms with van der Waals surface area (Å²) < 4.78 is 2.17. The second kappa shape index (κ2) is 7.75. The highest BCUT2D eigenvalue weighted by Crippen LogP contribution is 2.31. The fourth-order valence-electron chi connectivity index (χ4n) is 4.45. The highest BCUT2D eigenvalue weighted by Gasteiger charge is 2.24. The first-order chi connectivity index (χ1) is 14.7. The maximum Gasteiger partial charge on any atom is 0.255 e. The first-order valence-electron chi connectivity index (χ1n) is 10.5. The van der Waals surface area contributed by atoms with Gasteiger partial charge in [-0.1, -0.05) is 12.8 Å². The van der Waals surface area contributed by atoms with E-state index in [-0.39, 0.29) is 5.91 Å². The molecule has 5 rings (SSSR count). The minimum Gasteiger partial charge on any atom is -0.353 e. The summed E-state index contributed by atoms with van der Waals surface area (Å²) in [5.41, 5.74) is 2.79. The Morgan fingerprint density at radius 1 is 1.03 bits per heavy atom. The summed E-state index contributed by atoms with van der Waals surface area (Å²) in [6.45, 7) is 2.65. The summed E-state index contributed by atoms with van der Waals surface area (Å²) in [4.78, 5) is 30.5. The number of carbonyl (C=O) groups excluding carboxylic acids is 1. The van der Waals surface area contributed by atoms with Gasteiger partial charge in [-0.05, 0) is 31.0 Å². The molecule has 4 heterocycles. The monoisotopic (exact) mass is 401 g/mol. The molecule has 8 nitrogen and oxygen atoms in total. The van der Waals surface area contributed by atoms with E-state index in [1.165, 1.54) is 25.7 Å². The Bertz CT molecular complexity index is 1100. The summed E-state index contributed by atoms with van der Waals surface area (Å²) in [5.74, 6) is 0.828. The lowest BCUT2D eigenvalue weighted by Crippen LogP contribution is -2.49. The molecule has 0 bridgehead atoms. The number of imidazole rings is 1. The molecule has 8 heteroatoms. The SMILES string of the molecule is N#Cc1ccc(N2CCN(C(=O)c3cnc4c(c3)ncn4C3CCCC3)CC2)nc1. The zero-order valence-electron chi connectivity index (χ0n) is 16.7. The minimum atomic E-state index is -0.00717. The van der Waals surface area contributed by atoms with Crippen LogP contribution >= 0.6 is 0 Å². The maximum atomic E-state index is 13.0. The summed E-state index contributed by atoms with van der Waals surface area (Å²) >= 11 is 0. The van der Waals surface area contributed by atoms with Gasteiger partial charge in [0.05, 0.1) is 17.5 Å². The number of hydrogen-bond acceptors (Lipinski definition) is 6. The molecule has 30 heavy (non-hydrogen) atoms. The third-order valence-electron chi connectivity index (χ3n) is 6.15. The molecule has 0 unspecified atom stereocenters. The molecule has 1 saturated heterocycles. The van der Waals surface area contributed by atoms with Gasteiger partial charge in [0.1, 0.15) is 17.4 Å². The standard InChI is InChI=1S/C22H23N7O/c23-12-16-5-6-20(24-13-16)27-7-9-28(10-8-27)22(30)17-11-19-21(25-14-17)29(15-26-19)18-3-1-2-4-18/h5-6,11,13-15,18H,1-4,7-10H2. The van der Waals surface area contributed by atoms with E-state index in [1.807, 2.05) is 23.4 Å². The van der Waals surface area contributed by atoms with Crippen LogP contribution in [0.1, 0.15) is 47.6 Å². The van der Waals surface area contributed by atoms with Crippen LogP contribution in [-0.2, 0) is 0 Å². The molecule has 1 aliphatic carbocycles. The lowest BCUT2D eigenvalue weighted by atomic mass is 10.2. The van der Waals surface area contributed by atoms with Crippen LogP contribution in [0, 0.1) is 11.3 Å². The van der Waals surface area contributed by atoms with Crippen LogP contribution in [0.3, 0.4) is 0 Å². The van der Waals surface area contributed by atoms with Crippen molar-refractivity contribution in [1.29, 1.82) is 5.26 Å². The number of hydrogen-bond donors (Lipinski definition) is 0. The first kappa shape index (κ1) is 18.6. The second-order valence-corrected chi connectivity index (χ2v) is 7.95. The van der Waals surface area contributed by atoms with Crippen LogP contribution in [0.25, 0.3) is 11.2 Å². The van der Waals surface area contributed by atoms with Crippen molar-refractivity contribution in [1.82, 2.24) is 24.4 Å². The maximum absolute atomic E-state index is 13.0. The largest absolute Gasteiger partial charge is 0.353 e. The molecule has 3 aromatic heterocycles. The molecule has 1 aliphatic heterocycles. The van der Waals surface area contributed by atoms with Gasteiger partial charge in [-0.25, -0.2) is 15.0 Å². The van der Waals surface area contributed by atoms with Crippen LogP contribution in [0.4, 0.5) is 5.82 Å². The fraction of sp³-hybridized carbons (Fsp3) is 0.409. The Balaban J connectivity index is 1.27. The summed E-state index contributed by atoms with van der Waals surface area (Å²) in [6.07, 6.45) is 9.99.